The molecule has 20 nitrogen and oxygen atoms in total. The van der Waals surface area contributed by atoms with Crippen LogP contribution in [0.4, 0.5) is 17.6 Å². The second kappa shape index (κ2) is 26.4. The quantitative estimate of drug-likeness (QED) is 0.0424. The fourth-order valence-corrected chi connectivity index (χ4v) is 9.84. The Balaban J connectivity index is 0.784. The Morgan fingerprint density at radius 2 is 1.65 bits per heavy atom. The normalized spacial score (nSPS) is 17.9. The van der Waals surface area contributed by atoms with Gasteiger partial charge in [0.25, 0.3) is 5.91 Å². The molecule has 2 fully saturated rings. The lowest BCUT2D eigenvalue weighted by Crippen LogP contribution is -2.57. The molecule has 0 saturated carbocycles. The number of aromatic nitrogens is 4. The van der Waals surface area contributed by atoms with E-state index in [0.717, 1.165) is 33.8 Å². The summed E-state index contributed by atoms with van der Waals surface area (Å²) >= 11 is 1.55. The minimum Gasteiger partial charge on any atom is -0.471 e. The van der Waals surface area contributed by atoms with Gasteiger partial charge in [0.05, 0.1) is 60.4 Å². The highest BCUT2D eigenvalue weighted by molar-refractivity contribution is 7.13. The van der Waals surface area contributed by atoms with Gasteiger partial charge in [-0.05, 0) is 53.6 Å². The number of aryl methyl sites for hydroxylation is 2. The van der Waals surface area contributed by atoms with Gasteiger partial charge in [0.1, 0.15) is 29.5 Å². The molecule has 6 amide bonds. The highest BCUT2D eigenvalue weighted by Gasteiger charge is 2.44. The van der Waals surface area contributed by atoms with Gasteiger partial charge in [-0.2, -0.15) is 0 Å². The van der Waals surface area contributed by atoms with Crippen LogP contribution in [-0.4, -0.2) is 146 Å². The zero-order chi connectivity index (χ0) is 57.0. The van der Waals surface area contributed by atoms with E-state index in [0.29, 0.717) is 29.8 Å². The van der Waals surface area contributed by atoms with Crippen LogP contribution in [-0.2, 0) is 48.2 Å². The zero-order valence-electron chi connectivity index (χ0n) is 44.1. The summed E-state index contributed by atoms with van der Waals surface area (Å²) in [6.45, 7) is 8.04. The van der Waals surface area contributed by atoms with Crippen LogP contribution in [0, 0.1) is 12.3 Å². The molecule has 0 bridgehead atoms. The number of nitrogens with one attached hydrogen (secondary N) is 3. The molecular weight excluding hydrogens is 1060 g/mol. The maximum atomic E-state index is 15.4. The fraction of sp³-hybridized carbons (Fsp3) is 0.463. The third-order valence-electron chi connectivity index (χ3n) is 13.2. The highest BCUT2D eigenvalue weighted by atomic mass is 32.1. The minimum absolute atomic E-state index is 0.0150. The van der Waals surface area contributed by atoms with Crippen molar-refractivity contribution in [1.29, 1.82) is 0 Å². The van der Waals surface area contributed by atoms with E-state index < -0.39 is 77.5 Å². The van der Waals surface area contributed by atoms with Crippen LogP contribution in [0.5, 0.6) is 11.6 Å². The number of β-amino-alcohol motifs (C(OH)–C–C–N with tert-alkyl or cyclic N) is 1. The molecule has 5 heterocycles. The van der Waals surface area contributed by atoms with E-state index in [1.165, 1.54) is 34.2 Å². The summed E-state index contributed by atoms with van der Waals surface area (Å²) < 4.78 is 69.9. The maximum Gasteiger partial charge on any atom is 0.573 e. The molecule has 2 aliphatic heterocycles. The molecule has 0 aliphatic carbocycles. The molecule has 0 radical (unpaired) electrons. The van der Waals surface area contributed by atoms with E-state index in [4.69, 9.17) is 15.2 Å². The Morgan fingerprint density at radius 1 is 0.911 bits per heavy atom. The Kier molecular flexibility index (Phi) is 19.8. The number of thiazole rings is 1. The number of hydrogen-bond donors (Lipinski definition) is 5. The number of ether oxygens (including phenoxy) is 3. The van der Waals surface area contributed by atoms with Crippen molar-refractivity contribution in [3.8, 4) is 33.3 Å². The van der Waals surface area contributed by atoms with Crippen molar-refractivity contribution >= 4 is 46.8 Å². The average Bonchev–Trinajstić information content (AvgIpc) is 4.23. The summed E-state index contributed by atoms with van der Waals surface area (Å²) in [5.74, 6) is -3.50. The van der Waals surface area contributed by atoms with Crippen LogP contribution < -0.4 is 31.2 Å². The van der Waals surface area contributed by atoms with Crippen LogP contribution in [0.1, 0.15) is 80.1 Å². The van der Waals surface area contributed by atoms with Crippen molar-refractivity contribution in [2.24, 2.45) is 11.1 Å². The molecule has 0 spiro atoms. The number of likely N-dealkylation sites (tertiary alicyclic amines) is 2. The van der Waals surface area contributed by atoms with Gasteiger partial charge < -0.3 is 55.4 Å². The second-order valence-corrected chi connectivity index (χ2v) is 21.2. The van der Waals surface area contributed by atoms with Gasteiger partial charge in [0.2, 0.25) is 35.4 Å². The van der Waals surface area contributed by atoms with Crippen LogP contribution in [0.3, 0.4) is 0 Å². The number of benzene rings is 2. The van der Waals surface area contributed by atoms with E-state index in [2.05, 4.69) is 35.6 Å². The van der Waals surface area contributed by atoms with E-state index in [1.807, 2.05) is 31.2 Å². The van der Waals surface area contributed by atoms with Gasteiger partial charge >= 0.3 is 6.36 Å². The first-order chi connectivity index (χ1) is 37.5. The summed E-state index contributed by atoms with van der Waals surface area (Å²) in [5.41, 5.74) is 10.7. The first-order valence-electron chi connectivity index (χ1n) is 25.7. The van der Waals surface area contributed by atoms with Crippen LogP contribution in [0.15, 0.2) is 78.8 Å². The number of rotatable bonds is 23. The third-order valence-corrected chi connectivity index (χ3v) is 14.2. The molecule has 2 aromatic carbocycles. The topological polar surface area (TPSA) is 263 Å². The summed E-state index contributed by atoms with van der Waals surface area (Å²) in [5, 5.41) is 19.1. The Bertz CT molecular complexity index is 2930. The van der Waals surface area contributed by atoms with E-state index in [1.54, 1.807) is 54.7 Å². The highest BCUT2D eigenvalue weighted by Crippen LogP contribution is 2.31. The van der Waals surface area contributed by atoms with Gasteiger partial charge in [-0.25, -0.2) is 19.3 Å². The molecular formula is C54H64F4N10O10S. The number of halogens is 4. The van der Waals surface area contributed by atoms with Crippen molar-refractivity contribution in [1.82, 2.24) is 45.3 Å². The van der Waals surface area contributed by atoms with Gasteiger partial charge in [0.15, 0.2) is 6.17 Å². The minimum atomic E-state index is -4.86. The number of carbonyl (C=O) groups is 6. The smallest absolute Gasteiger partial charge is 0.471 e. The number of aliphatic hydroxyl groups is 1. The summed E-state index contributed by atoms with van der Waals surface area (Å²) in [6, 6.07) is 12.1. The molecule has 6 N–H and O–H groups in total. The number of nitrogens with two attached hydrogens (primary N) is 1. The fourth-order valence-electron chi connectivity index (χ4n) is 9.03. The Labute approximate surface area is 457 Å². The first kappa shape index (κ1) is 59.2. The van der Waals surface area contributed by atoms with Crippen LogP contribution >= 0.6 is 11.3 Å². The number of aliphatic hydroxyl groups excluding tert-OH is 1. The number of amides is 6. The monoisotopic (exact) mass is 1120 g/mol. The molecule has 3 aromatic heterocycles. The Hall–Kier alpha value is -7.51. The van der Waals surface area contributed by atoms with E-state index in [9.17, 15) is 47.0 Å². The lowest BCUT2D eigenvalue weighted by Gasteiger charge is -2.35. The zero-order valence-corrected chi connectivity index (χ0v) is 44.9. The number of nitrogens with zero attached hydrogens (tertiary/aromatic N) is 6. The number of carbonyl (C=O) groups excluding carboxylic acids is 6. The van der Waals surface area contributed by atoms with Gasteiger partial charge in [-0.15, -0.1) is 24.5 Å². The summed E-state index contributed by atoms with van der Waals surface area (Å²) in [4.78, 5) is 95.2. The van der Waals surface area contributed by atoms with Gasteiger partial charge in [-0.1, -0.05) is 57.2 Å². The summed E-state index contributed by atoms with van der Waals surface area (Å²) in [7, 11) is 0. The molecule has 424 valence electrons. The van der Waals surface area contributed by atoms with Gasteiger partial charge in [0, 0.05) is 76.4 Å². The van der Waals surface area contributed by atoms with Crippen molar-refractivity contribution < 1.29 is 65.6 Å². The van der Waals surface area contributed by atoms with Crippen molar-refractivity contribution in [3.63, 3.8) is 0 Å². The molecule has 5 aromatic rings. The number of alkyl halides is 4. The lowest BCUT2D eigenvalue weighted by atomic mass is 9.85. The largest absolute Gasteiger partial charge is 0.573 e. The van der Waals surface area contributed by atoms with Crippen LogP contribution in [0.25, 0.3) is 21.7 Å². The first-order valence-corrected chi connectivity index (χ1v) is 26.5. The SMILES string of the molecule is Cc1ncsc1-c1ccc(CNC(=O)[C@@H]2C[C@@H](O)CN2C(=O)[C@@H](NC(=O)CCOCCNC(=O)CCCn2cnc(-c3cnc(O[C@@H]4CCN(C(=O)Cc5ccc(OC(F)(F)F)cc5)C[C@H]4F)c(C(N)=O)c3)c2)C(C)(C)C)cc1. The molecule has 25 heteroatoms. The second-order valence-electron chi connectivity index (χ2n) is 20.4. The number of pyridine rings is 1. The predicted molar refractivity (Wildman–Crippen MR) is 281 cm³/mol. The lowest BCUT2D eigenvalue weighted by molar-refractivity contribution is -0.274. The van der Waals surface area contributed by atoms with Gasteiger partial charge in [-0.3, -0.25) is 28.8 Å². The number of hydrogen-bond acceptors (Lipinski definition) is 14. The molecule has 2 aliphatic rings. The third kappa shape index (κ3) is 16.8. The van der Waals surface area contributed by atoms with Crippen molar-refractivity contribution in [2.45, 2.75) is 116 Å². The Morgan fingerprint density at radius 3 is 2.32 bits per heavy atom. The van der Waals surface area contributed by atoms with Crippen LogP contribution in [0.2, 0.25) is 0 Å². The number of imidazole rings is 1. The standard InChI is InChI=1S/C54H64F4N10O10S/c1-32-47(79-31-64-32)35-11-7-34(8-12-35)25-61-50(74)42-24-37(69)27-68(42)52(75)48(53(2,3)4)65-45(71)16-20-76-21-17-60-44(70)6-5-18-66-29-41(63-30-66)36-23-39(49(59)73)51(62-26-36)77-43-15-19-67(28-40(43)55)46(72)22-33-9-13-38(14-10-33)78-54(56,57)58/h7-14,23,26,29-31,37,40,42-43,48,69H,5-6,15-22,24-25,27-28H2,1-4H3,(H2,59,73)(H,60,70)(H,61,74)(H,65,71)/t37-,40-,42+,43-,48-/m1/s1. The molecule has 2 saturated heterocycles. The van der Waals surface area contributed by atoms with Crippen molar-refractivity contribution in [2.75, 3.05) is 39.4 Å². The van der Waals surface area contributed by atoms with E-state index >= 15 is 4.39 Å². The predicted octanol–water partition coefficient (Wildman–Crippen LogP) is 5.05. The average molecular weight is 1120 g/mol. The number of primary amides is 1. The molecule has 7 rings (SSSR count). The molecule has 0 unspecified atom stereocenters. The van der Waals surface area contributed by atoms with Crippen molar-refractivity contribution in [3.05, 3.63) is 101 Å². The van der Waals surface area contributed by atoms with E-state index in [-0.39, 0.29) is 95.4 Å². The number of piperidine rings is 1. The maximum absolute atomic E-state index is 15.4. The molecule has 79 heavy (non-hydrogen) atoms. The summed E-state index contributed by atoms with van der Waals surface area (Å²) in [6.07, 6.45) is -3.36. The molecule has 5 atom stereocenters.